The summed E-state index contributed by atoms with van der Waals surface area (Å²) in [6, 6.07) is 8.49. The molecule has 146 valence electrons. The van der Waals surface area contributed by atoms with Crippen molar-refractivity contribution < 1.29 is 23.1 Å². The molecule has 0 spiro atoms. The first kappa shape index (κ1) is 19.7. The summed E-state index contributed by atoms with van der Waals surface area (Å²) >= 11 is 0. The molecule has 4 nitrogen and oxygen atoms in total. The van der Waals surface area contributed by atoms with E-state index in [0.717, 1.165) is 50.0 Å². The Morgan fingerprint density at radius 2 is 1.68 bits per heavy atom. The molecule has 28 heavy (non-hydrogen) atoms. The number of carboxylic acid groups (broad SMARTS) is 1. The molecule has 1 aliphatic rings. The Bertz CT molecular complexity index is 879. The minimum Gasteiger partial charge on any atom is -0.478 e. The molecule has 1 fully saturated rings. The van der Waals surface area contributed by atoms with E-state index in [9.17, 15) is 18.0 Å². The number of aliphatic carboxylic acids is 1. The Kier molecular flexibility index (Phi) is 5.82. The molecule has 0 unspecified atom stereocenters. The average molecular weight is 388 g/mol. The van der Waals surface area contributed by atoms with Gasteiger partial charge in [0.05, 0.1) is 5.56 Å². The van der Waals surface area contributed by atoms with Crippen LogP contribution in [0.3, 0.4) is 0 Å². The molecule has 2 aromatic rings. The highest BCUT2D eigenvalue weighted by atomic mass is 19.4. The Morgan fingerprint density at radius 3 is 2.21 bits per heavy atom. The van der Waals surface area contributed by atoms with Crippen molar-refractivity contribution in [3.05, 3.63) is 77.5 Å². The van der Waals surface area contributed by atoms with Crippen molar-refractivity contribution in [1.29, 1.82) is 0 Å². The van der Waals surface area contributed by atoms with Gasteiger partial charge in [0, 0.05) is 30.9 Å². The van der Waals surface area contributed by atoms with Crippen LogP contribution in [-0.4, -0.2) is 29.1 Å². The predicted molar refractivity (Wildman–Crippen MR) is 101 cm³/mol. The molecular weight excluding hydrogens is 369 g/mol. The molecule has 0 saturated carbocycles. The second kappa shape index (κ2) is 8.29. The van der Waals surface area contributed by atoms with Crippen LogP contribution in [0.25, 0.3) is 5.57 Å². The highest BCUT2D eigenvalue weighted by Gasteiger charge is 2.30. The van der Waals surface area contributed by atoms with Crippen LogP contribution >= 0.6 is 0 Å². The van der Waals surface area contributed by atoms with Crippen LogP contribution in [0.5, 0.6) is 0 Å². The molecule has 1 aliphatic heterocycles. The normalized spacial score (nSPS) is 15.4. The number of carboxylic acids is 1. The highest BCUT2D eigenvalue weighted by molar-refractivity contribution is 5.84. The van der Waals surface area contributed by atoms with Gasteiger partial charge in [-0.3, -0.25) is 0 Å². The van der Waals surface area contributed by atoms with Gasteiger partial charge < -0.3 is 10.0 Å². The summed E-state index contributed by atoms with van der Waals surface area (Å²) in [7, 11) is 0. The van der Waals surface area contributed by atoms with E-state index in [1.807, 2.05) is 12.1 Å². The number of nitrogens with zero attached hydrogens (tertiary/aromatic N) is 2. The number of hydrogen-bond donors (Lipinski definition) is 1. The molecule has 1 aromatic heterocycles. The van der Waals surface area contributed by atoms with Crippen molar-refractivity contribution in [2.24, 2.45) is 0 Å². The number of allylic oxidation sites excluding steroid dienone is 2. The fourth-order valence-corrected chi connectivity index (χ4v) is 3.10. The maximum absolute atomic E-state index is 12.8. The Balaban J connectivity index is 1.94. The van der Waals surface area contributed by atoms with E-state index >= 15 is 0 Å². The van der Waals surface area contributed by atoms with Gasteiger partial charge in [0.15, 0.2) is 0 Å². The van der Waals surface area contributed by atoms with Crippen molar-refractivity contribution >= 4 is 17.4 Å². The first-order valence-electron chi connectivity index (χ1n) is 8.85. The van der Waals surface area contributed by atoms with Gasteiger partial charge in [-0.15, -0.1) is 0 Å². The standard InChI is InChI=1S/C21H19F3N2O2/c22-21(23,24)17-9-6-15(7-10-17)18(4-3-5-20(27)28)16-8-11-19(25-14-16)26-12-1-2-13-26/h3-11,14H,1-2,12-13H2,(H,27,28)/b5-3+,18-4-. The van der Waals surface area contributed by atoms with E-state index in [1.54, 1.807) is 12.3 Å². The highest BCUT2D eigenvalue weighted by Crippen LogP contribution is 2.31. The number of hydrogen-bond acceptors (Lipinski definition) is 3. The number of anilines is 1. The minimum absolute atomic E-state index is 0.541. The van der Waals surface area contributed by atoms with Crippen LogP contribution in [0.1, 0.15) is 29.5 Å². The quantitative estimate of drug-likeness (QED) is 0.592. The lowest BCUT2D eigenvalue weighted by Crippen LogP contribution is -2.18. The fraction of sp³-hybridized carbons (Fsp3) is 0.238. The maximum Gasteiger partial charge on any atom is 0.416 e. The molecule has 7 heteroatoms. The SMILES string of the molecule is O=C(O)/C=C/C=C(/c1ccc(C(F)(F)F)cc1)c1ccc(N2CCCC2)nc1. The third-order valence-electron chi connectivity index (χ3n) is 4.51. The van der Waals surface area contributed by atoms with Crippen molar-refractivity contribution in [1.82, 2.24) is 4.98 Å². The van der Waals surface area contributed by atoms with Crippen LogP contribution in [0.2, 0.25) is 0 Å². The third-order valence-corrected chi connectivity index (χ3v) is 4.51. The topological polar surface area (TPSA) is 53.4 Å². The Labute approximate surface area is 160 Å². The summed E-state index contributed by atoms with van der Waals surface area (Å²) in [5.74, 6) is -0.250. The first-order valence-corrected chi connectivity index (χ1v) is 8.85. The summed E-state index contributed by atoms with van der Waals surface area (Å²) in [4.78, 5) is 17.4. The van der Waals surface area contributed by atoms with Gasteiger partial charge in [0.1, 0.15) is 5.82 Å². The smallest absolute Gasteiger partial charge is 0.416 e. The molecule has 1 N–H and O–H groups in total. The first-order chi connectivity index (χ1) is 13.3. The lowest BCUT2D eigenvalue weighted by Gasteiger charge is -2.17. The summed E-state index contributed by atoms with van der Waals surface area (Å²) in [5, 5.41) is 8.79. The molecule has 1 aromatic carbocycles. The van der Waals surface area contributed by atoms with Crippen LogP contribution in [-0.2, 0) is 11.0 Å². The van der Waals surface area contributed by atoms with E-state index in [1.165, 1.54) is 18.2 Å². The number of alkyl halides is 3. The zero-order valence-corrected chi connectivity index (χ0v) is 15.0. The molecule has 2 heterocycles. The predicted octanol–water partition coefficient (Wildman–Crippen LogP) is 4.77. The molecule has 0 aliphatic carbocycles. The van der Waals surface area contributed by atoms with E-state index in [-0.39, 0.29) is 0 Å². The average Bonchev–Trinajstić information content (AvgIpc) is 3.19. The van der Waals surface area contributed by atoms with Crippen molar-refractivity contribution in [3.8, 4) is 0 Å². The molecule has 0 radical (unpaired) electrons. The van der Waals surface area contributed by atoms with Crippen LogP contribution in [0.15, 0.2) is 60.8 Å². The van der Waals surface area contributed by atoms with Gasteiger partial charge in [0.25, 0.3) is 0 Å². The zero-order chi connectivity index (χ0) is 20.1. The van der Waals surface area contributed by atoms with E-state index in [2.05, 4.69) is 9.88 Å². The summed E-state index contributed by atoms with van der Waals surface area (Å²) in [5.41, 5.74) is 1.09. The summed E-state index contributed by atoms with van der Waals surface area (Å²) in [6.45, 7) is 1.91. The van der Waals surface area contributed by atoms with Gasteiger partial charge in [0.2, 0.25) is 0 Å². The monoisotopic (exact) mass is 388 g/mol. The molecule has 0 bridgehead atoms. The van der Waals surface area contributed by atoms with Crippen LogP contribution in [0, 0.1) is 0 Å². The number of pyridine rings is 1. The van der Waals surface area contributed by atoms with Gasteiger partial charge in [-0.25, -0.2) is 9.78 Å². The molecule has 0 amide bonds. The van der Waals surface area contributed by atoms with Crippen LogP contribution < -0.4 is 4.90 Å². The van der Waals surface area contributed by atoms with Crippen molar-refractivity contribution in [2.75, 3.05) is 18.0 Å². The van der Waals surface area contributed by atoms with E-state index in [0.29, 0.717) is 16.7 Å². The second-order valence-electron chi connectivity index (χ2n) is 6.45. The summed E-state index contributed by atoms with van der Waals surface area (Å²) in [6.07, 6.45) is 3.37. The lowest BCUT2D eigenvalue weighted by molar-refractivity contribution is -0.137. The second-order valence-corrected chi connectivity index (χ2v) is 6.45. The maximum atomic E-state index is 12.8. The van der Waals surface area contributed by atoms with Crippen molar-refractivity contribution in [3.63, 3.8) is 0 Å². The van der Waals surface area contributed by atoms with Gasteiger partial charge in [-0.05, 0) is 48.2 Å². The van der Waals surface area contributed by atoms with E-state index in [4.69, 9.17) is 5.11 Å². The largest absolute Gasteiger partial charge is 0.478 e. The van der Waals surface area contributed by atoms with Gasteiger partial charge in [-0.1, -0.05) is 24.3 Å². The lowest BCUT2D eigenvalue weighted by atomic mass is 9.97. The van der Waals surface area contributed by atoms with Crippen LogP contribution in [0.4, 0.5) is 19.0 Å². The van der Waals surface area contributed by atoms with Gasteiger partial charge in [-0.2, -0.15) is 13.2 Å². The van der Waals surface area contributed by atoms with E-state index < -0.39 is 17.7 Å². The molecule has 1 saturated heterocycles. The van der Waals surface area contributed by atoms with Crippen molar-refractivity contribution in [2.45, 2.75) is 19.0 Å². The fourth-order valence-electron chi connectivity index (χ4n) is 3.10. The molecule has 3 rings (SSSR count). The molecule has 0 atom stereocenters. The number of benzene rings is 1. The van der Waals surface area contributed by atoms with Gasteiger partial charge >= 0.3 is 12.1 Å². The molecular formula is C21H19F3N2O2. The third kappa shape index (κ3) is 4.79. The Hall–Kier alpha value is -3.09. The number of halogens is 3. The summed E-state index contributed by atoms with van der Waals surface area (Å²) < 4.78 is 38.5. The Morgan fingerprint density at radius 1 is 1.04 bits per heavy atom. The number of rotatable bonds is 5. The zero-order valence-electron chi connectivity index (χ0n) is 15.0. The number of carbonyl (C=O) groups is 1. The number of aromatic nitrogens is 1. The minimum atomic E-state index is -4.41.